The van der Waals surface area contributed by atoms with E-state index in [-0.39, 0.29) is 12.3 Å². The number of aromatic nitrogens is 1. The Morgan fingerprint density at radius 1 is 1.48 bits per heavy atom. The third-order valence-electron chi connectivity index (χ3n) is 2.84. The van der Waals surface area contributed by atoms with Crippen LogP contribution in [-0.2, 0) is 11.2 Å². The van der Waals surface area contributed by atoms with Crippen LogP contribution in [0.1, 0.15) is 23.2 Å². The van der Waals surface area contributed by atoms with Gasteiger partial charge in [0.05, 0.1) is 29.9 Å². The highest BCUT2D eigenvalue weighted by atomic mass is 32.1. The lowest BCUT2D eigenvalue weighted by Crippen LogP contribution is -2.21. The van der Waals surface area contributed by atoms with Gasteiger partial charge in [-0.3, -0.25) is 4.79 Å². The van der Waals surface area contributed by atoms with Crippen molar-refractivity contribution in [2.45, 2.75) is 20.3 Å². The number of methoxy groups -OCH3 is 1. The fourth-order valence-electron chi connectivity index (χ4n) is 1.75. The smallest absolute Gasteiger partial charge is 0.246 e. The molecule has 0 fully saturated rings. The van der Waals surface area contributed by atoms with E-state index in [2.05, 4.69) is 15.5 Å². The van der Waals surface area contributed by atoms with Gasteiger partial charge >= 0.3 is 0 Å². The van der Waals surface area contributed by atoms with Gasteiger partial charge in [-0.1, -0.05) is 12.1 Å². The minimum atomic E-state index is -0.178. The molecule has 1 aromatic heterocycles. The Kier molecular flexibility index (Phi) is 5.05. The van der Waals surface area contributed by atoms with E-state index in [9.17, 15) is 4.79 Å². The topological polar surface area (TPSA) is 63.6 Å². The molecule has 5 nitrogen and oxygen atoms in total. The van der Waals surface area contributed by atoms with Crippen molar-refractivity contribution in [3.05, 3.63) is 45.9 Å². The molecule has 0 atom stereocenters. The van der Waals surface area contributed by atoms with Crippen LogP contribution >= 0.6 is 11.3 Å². The highest BCUT2D eigenvalue weighted by Gasteiger charge is 2.06. The maximum Gasteiger partial charge on any atom is 0.246 e. The number of carbonyl (C=O) groups excluding carboxylic acids is 1. The molecular formula is C15H17N3O2S. The van der Waals surface area contributed by atoms with Crippen LogP contribution in [-0.4, -0.2) is 23.7 Å². The van der Waals surface area contributed by atoms with Crippen LogP contribution in [0.25, 0.3) is 0 Å². The van der Waals surface area contributed by atoms with Crippen LogP contribution < -0.4 is 10.2 Å². The highest BCUT2D eigenvalue weighted by molar-refractivity contribution is 7.09. The molecule has 0 saturated heterocycles. The number of rotatable bonds is 5. The van der Waals surface area contributed by atoms with Gasteiger partial charge in [0.2, 0.25) is 5.91 Å². The standard InChI is InChI=1S/C15H17N3O2S/c1-10(12-5-4-6-14(7-12)20-3)17-18-15(19)8-13-9-21-11(2)16-13/h4-7,9H,8H2,1-3H3,(H,18,19)/b17-10-. The Labute approximate surface area is 127 Å². The molecule has 1 heterocycles. The zero-order valence-corrected chi connectivity index (χ0v) is 13.0. The molecule has 0 bridgehead atoms. The van der Waals surface area contributed by atoms with E-state index in [0.717, 1.165) is 27.7 Å². The maximum atomic E-state index is 11.8. The number of hydrazone groups is 1. The van der Waals surface area contributed by atoms with Crippen molar-refractivity contribution in [1.82, 2.24) is 10.4 Å². The number of thiazole rings is 1. The number of ether oxygens (including phenoxy) is 1. The van der Waals surface area contributed by atoms with E-state index in [0.29, 0.717) is 0 Å². The number of nitrogens with zero attached hydrogens (tertiary/aromatic N) is 2. The summed E-state index contributed by atoms with van der Waals surface area (Å²) in [5.74, 6) is 0.578. The second-order valence-corrected chi connectivity index (χ2v) is 5.56. The molecule has 1 N–H and O–H groups in total. The minimum absolute atomic E-state index is 0.178. The van der Waals surface area contributed by atoms with Crippen LogP contribution in [0.5, 0.6) is 5.75 Å². The van der Waals surface area contributed by atoms with Crippen LogP contribution in [0.4, 0.5) is 0 Å². The van der Waals surface area contributed by atoms with E-state index in [1.165, 1.54) is 11.3 Å². The number of amides is 1. The first kappa shape index (κ1) is 15.2. The third-order valence-corrected chi connectivity index (χ3v) is 3.67. The predicted octanol–water partition coefficient (Wildman–Crippen LogP) is 2.54. The van der Waals surface area contributed by atoms with Crippen molar-refractivity contribution >= 4 is 23.0 Å². The van der Waals surface area contributed by atoms with Crippen molar-refractivity contribution in [3.8, 4) is 5.75 Å². The molecule has 0 aliphatic heterocycles. The minimum Gasteiger partial charge on any atom is -0.497 e. The second-order valence-electron chi connectivity index (χ2n) is 4.50. The number of hydrogen-bond donors (Lipinski definition) is 1. The SMILES string of the molecule is COc1cccc(/C(C)=N\NC(=O)Cc2csc(C)n2)c1. The lowest BCUT2D eigenvalue weighted by atomic mass is 10.1. The molecule has 0 unspecified atom stereocenters. The largest absolute Gasteiger partial charge is 0.497 e. The molecule has 110 valence electrons. The Balaban J connectivity index is 1.97. The third kappa shape index (κ3) is 4.39. The van der Waals surface area contributed by atoms with Crippen LogP contribution in [0.3, 0.4) is 0 Å². The van der Waals surface area contributed by atoms with Crippen molar-refractivity contribution in [2.75, 3.05) is 7.11 Å². The summed E-state index contributed by atoms with van der Waals surface area (Å²) >= 11 is 1.53. The molecule has 21 heavy (non-hydrogen) atoms. The Bertz CT molecular complexity index is 664. The van der Waals surface area contributed by atoms with Crippen molar-refractivity contribution in [3.63, 3.8) is 0 Å². The molecule has 0 aliphatic carbocycles. The second kappa shape index (κ2) is 6.99. The fourth-order valence-corrected chi connectivity index (χ4v) is 2.36. The average molecular weight is 303 g/mol. The summed E-state index contributed by atoms with van der Waals surface area (Å²) in [5, 5.41) is 6.95. The monoisotopic (exact) mass is 303 g/mol. The number of carbonyl (C=O) groups is 1. The summed E-state index contributed by atoms with van der Waals surface area (Å²) in [6, 6.07) is 7.53. The van der Waals surface area contributed by atoms with Gasteiger partial charge in [0.1, 0.15) is 5.75 Å². The van der Waals surface area contributed by atoms with E-state index in [1.807, 2.05) is 43.5 Å². The molecule has 1 aromatic carbocycles. The molecule has 0 aliphatic rings. The normalized spacial score (nSPS) is 11.3. The van der Waals surface area contributed by atoms with Crippen LogP contribution in [0.15, 0.2) is 34.7 Å². The lowest BCUT2D eigenvalue weighted by molar-refractivity contribution is -0.120. The summed E-state index contributed by atoms with van der Waals surface area (Å²) in [5.41, 5.74) is 4.94. The Morgan fingerprint density at radius 3 is 2.95 bits per heavy atom. The zero-order valence-electron chi connectivity index (χ0n) is 12.2. The van der Waals surface area contributed by atoms with Crippen molar-refractivity contribution in [2.24, 2.45) is 5.10 Å². The fraction of sp³-hybridized carbons (Fsp3) is 0.267. The number of benzene rings is 1. The number of hydrogen-bond acceptors (Lipinski definition) is 5. The van der Waals surface area contributed by atoms with E-state index in [1.54, 1.807) is 7.11 Å². The van der Waals surface area contributed by atoms with Crippen molar-refractivity contribution in [1.29, 1.82) is 0 Å². The first-order chi connectivity index (χ1) is 10.1. The molecular weight excluding hydrogens is 286 g/mol. The van der Waals surface area contributed by atoms with E-state index >= 15 is 0 Å². The Hall–Kier alpha value is -2.21. The quantitative estimate of drug-likeness (QED) is 0.682. The van der Waals surface area contributed by atoms with Gasteiger partial charge in [-0.15, -0.1) is 11.3 Å². The summed E-state index contributed by atoms with van der Waals surface area (Å²) in [4.78, 5) is 16.1. The van der Waals surface area contributed by atoms with Gasteiger partial charge in [-0.25, -0.2) is 10.4 Å². The molecule has 2 rings (SSSR count). The summed E-state index contributed by atoms with van der Waals surface area (Å²) in [6.45, 7) is 3.75. The summed E-state index contributed by atoms with van der Waals surface area (Å²) in [6.07, 6.45) is 0.235. The molecule has 0 spiro atoms. The molecule has 0 saturated carbocycles. The van der Waals surface area contributed by atoms with Gasteiger partial charge in [-0.05, 0) is 26.0 Å². The first-order valence-electron chi connectivity index (χ1n) is 6.47. The summed E-state index contributed by atoms with van der Waals surface area (Å²) < 4.78 is 5.16. The molecule has 1 amide bonds. The molecule has 0 radical (unpaired) electrons. The van der Waals surface area contributed by atoms with Gasteiger partial charge in [0, 0.05) is 10.9 Å². The highest BCUT2D eigenvalue weighted by Crippen LogP contribution is 2.13. The number of nitrogens with one attached hydrogen (secondary N) is 1. The lowest BCUT2D eigenvalue weighted by Gasteiger charge is -2.04. The van der Waals surface area contributed by atoms with Gasteiger partial charge in [0.25, 0.3) is 0 Å². The predicted molar refractivity (Wildman–Crippen MR) is 83.9 cm³/mol. The van der Waals surface area contributed by atoms with Gasteiger partial charge in [0.15, 0.2) is 0 Å². The zero-order chi connectivity index (χ0) is 15.2. The number of aryl methyl sites for hydroxylation is 1. The molecule has 2 aromatic rings. The summed E-state index contributed by atoms with van der Waals surface area (Å²) in [7, 11) is 1.61. The van der Waals surface area contributed by atoms with Crippen LogP contribution in [0, 0.1) is 6.92 Å². The van der Waals surface area contributed by atoms with E-state index < -0.39 is 0 Å². The van der Waals surface area contributed by atoms with Crippen molar-refractivity contribution < 1.29 is 9.53 Å². The first-order valence-corrected chi connectivity index (χ1v) is 7.35. The molecule has 6 heteroatoms. The van der Waals surface area contributed by atoms with Gasteiger partial charge in [-0.2, -0.15) is 5.10 Å². The van der Waals surface area contributed by atoms with Gasteiger partial charge < -0.3 is 4.74 Å². The van der Waals surface area contributed by atoms with Crippen LogP contribution in [0.2, 0.25) is 0 Å². The Morgan fingerprint density at radius 2 is 2.29 bits per heavy atom. The average Bonchev–Trinajstić information content (AvgIpc) is 2.90. The van der Waals surface area contributed by atoms with E-state index in [4.69, 9.17) is 4.74 Å². The maximum absolute atomic E-state index is 11.8.